The highest BCUT2D eigenvalue weighted by atomic mass is 79.9. The second-order valence-electron chi connectivity index (χ2n) is 3.30. The minimum absolute atomic E-state index is 0.556. The standard InChI is InChI=1S/C10H11BrN4O/c11-8-4-7(5-13-6-8)10-14-9(16-15-10)2-1-3-12/h4-6H,1-3,12H2. The van der Waals surface area contributed by atoms with Crippen LogP contribution in [0.2, 0.25) is 0 Å². The predicted octanol–water partition coefficient (Wildman–Crippen LogP) is 1.79. The van der Waals surface area contributed by atoms with Gasteiger partial charge in [-0.2, -0.15) is 4.98 Å². The largest absolute Gasteiger partial charge is 0.339 e. The van der Waals surface area contributed by atoms with Gasteiger partial charge < -0.3 is 10.3 Å². The molecule has 6 heteroatoms. The summed E-state index contributed by atoms with van der Waals surface area (Å²) in [7, 11) is 0. The number of halogens is 1. The summed E-state index contributed by atoms with van der Waals surface area (Å²) >= 11 is 3.34. The molecule has 0 radical (unpaired) electrons. The highest BCUT2D eigenvalue weighted by molar-refractivity contribution is 9.10. The van der Waals surface area contributed by atoms with Crippen molar-refractivity contribution >= 4 is 15.9 Å². The van der Waals surface area contributed by atoms with Crippen LogP contribution in [0.5, 0.6) is 0 Å². The molecule has 84 valence electrons. The zero-order chi connectivity index (χ0) is 11.4. The van der Waals surface area contributed by atoms with E-state index in [4.69, 9.17) is 10.3 Å². The van der Waals surface area contributed by atoms with Crippen LogP contribution in [0.3, 0.4) is 0 Å². The maximum Gasteiger partial charge on any atom is 0.227 e. The Morgan fingerprint density at radius 3 is 3.00 bits per heavy atom. The second kappa shape index (κ2) is 5.18. The van der Waals surface area contributed by atoms with Crippen molar-refractivity contribution in [2.24, 2.45) is 5.73 Å². The highest BCUT2D eigenvalue weighted by Gasteiger charge is 2.08. The van der Waals surface area contributed by atoms with Crippen molar-refractivity contribution < 1.29 is 4.52 Å². The monoisotopic (exact) mass is 282 g/mol. The smallest absolute Gasteiger partial charge is 0.227 e. The molecule has 0 fully saturated rings. The molecule has 2 heterocycles. The van der Waals surface area contributed by atoms with Crippen LogP contribution >= 0.6 is 15.9 Å². The fourth-order valence-electron chi connectivity index (χ4n) is 1.26. The molecule has 0 spiro atoms. The van der Waals surface area contributed by atoms with Gasteiger partial charge in [-0.05, 0) is 35.0 Å². The summed E-state index contributed by atoms with van der Waals surface area (Å²) in [6, 6.07) is 1.89. The van der Waals surface area contributed by atoms with Crippen molar-refractivity contribution in [3.05, 3.63) is 28.8 Å². The van der Waals surface area contributed by atoms with Gasteiger partial charge in [0, 0.05) is 28.9 Å². The molecule has 0 atom stereocenters. The summed E-state index contributed by atoms with van der Waals surface area (Å²) in [5.74, 6) is 1.17. The number of aryl methyl sites for hydroxylation is 1. The first kappa shape index (κ1) is 11.2. The van der Waals surface area contributed by atoms with E-state index in [1.54, 1.807) is 12.4 Å². The lowest BCUT2D eigenvalue weighted by molar-refractivity contribution is 0.376. The molecule has 5 nitrogen and oxygen atoms in total. The van der Waals surface area contributed by atoms with Gasteiger partial charge in [-0.1, -0.05) is 5.16 Å². The van der Waals surface area contributed by atoms with Crippen LogP contribution in [0.15, 0.2) is 27.5 Å². The van der Waals surface area contributed by atoms with E-state index in [1.807, 2.05) is 6.07 Å². The van der Waals surface area contributed by atoms with Gasteiger partial charge in [-0.15, -0.1) is 0 Å². The maximum absolute atomic E-state index is 5.41. The van der Waals surface area contributed by atoms with E-state index >= 15 is 0 Å². The normalized spacial score (nSPS) is 10.6. The highest BCUT2D eigenvalue weighted by Crippen LogP contribution is 2.18. The third-order valence-corrected chi connectivity index (χ3v) is 2.46. The van der Waals surface area contributed by atoms with Crippen LogP contribution < -0.4 is 5.73 Å². The first-order valence-electron chi connectivity index (χ1n) is 4.93. The number of aromatic nitrogens is 3. The number of pyridine rings is 1. The molecule has 2 aromatic rings. The number of hydrogen-bond donors (Lipinski definition) is 1. The minimum Gasteiger partial charge on any atom is -0.339 e. The van der Waals surface area contributed by atoms with E-state index in [-0.39, 0.29) is 0 Å². The molecule has 0 saturated carbocycles. The SMILES string of the molecule is NCCCc1nc(-c2cncc(Br)c2)no1. The topological polar surface area (TPSA) is 77.8 Å². The number of rotatable bonds is 4. The van der Waals surface area contributed by atoms with E-state index in [0.717, 1.165) is 16.5 Å². The molecule has 0 aliphatic heterocycles. The Bertz CT molecular complexity index is 471. The minimum atomic E-state index is 0.556. The van der Waals surface area contributed by atoms with Crippen LogP contribution in [0.25, 0.3) is 11.4 Å². The lowest BCUT2D eigenvalue weighted by Crippen LogP contribution is -2.00. The van der Waals surface area contributed by atoms with E-state index in [1.165, 1.54) is 0 Å². The van der Waals surface area contributed by atoms with E-state index in [0.29, 0.717) is 24.7 Å². The quantitative estimate of drug-likeness (QED) is 0.925. The predicted molar refractivity (Wildman–Crippen MR) is 62.6 cm³/mol. The molecule has 0 aliphatic carbocycles. The van der Waals surface area contributed by atoms with Gasteiger partial charge in [0.25, 0.3) is 0 Å². The molecule has 2 rings (SSSR count). The van der Waals surface area contributed by atoms with Crippen LogP contribution in [0.1, 0.15) is 12.3 Å². The van der Waals surface area contributed by atoms with Crippen molar-refractivity contribution in [1.29, 1.82) is 0 Å². The fourth-order valence-corrected chi connectivity index (χ4v) is 1.63. The molecule has 0 unspecified atom stereocenters. The van der Waals surface area contributed by atoms with Gasteiger partial charge in [0.1, 0.15) is 0 Å². The first-order chi connectivity index (χ1) is 7.79. The molecular weight excluding hydrogens is 272 g/mol. The zero-order valence-electron chi connectivity index (χ0n) is 8.56. The molecule has 0 amide bonds. The lowest BCUT2D eigenvalue weighted by Gasteiger charge is -1.93. The average Bonchev–Trinajstić information content (AvgIpc) is 2.75. The maximum atomic E-state index is 5.41. The summed E-state index contributed by atoms with van der Waals surface area (Å²) in [5, 5.41) is 3.89. The number of nitrogens with two attached hydrogens (primary N) is 1. The summed E-state index contributed by atoms with van der Waals surface area (Å²) in [4.78, 5) is 8.31. The van der Waals surface area contributed by atoms with Crippen LogP contribution in [0.4, 0.5) is 0 Å². The summed E-state index contributed by atoms with van der Waals surface area (Å²) < 4.78 is 5.99. The van der Waals surface area contributed by atoms with Crippen LogP contribution in [-0.4, -0.2) is 21.7 Å². The molecule has 0 aliphatic rings. The van der Waals surface area contributed by atoms with Crippen LogP contribution in [-0.2, 0) is 6.42 Å². The Morgan fingerprint density at radius 1 is 1.38 bits per heavy atom. The Labute approximate surface area is 101 Å². The summed E-state index contributed by atoms with van der Waals surface area (Å²) in [5.41, 5.74) is 6.24. The molecule has 2 aromatic heterocycles. The Morgan fingerprint density at radius 2 is 2.25 bits per heavy atom. The van der Waals surface area contributed by atoms with Crippen molar-refractivity contribution in [3.8, 4) is 11.4 Å². The first-order valence-corrected chi connectivity index (χ1v) is 5.72. The average molecular weight is 283 g/mol. The van der Waals surface area contributed by atoms with Gasteiger partial charge in [-0.25, -0.2) is 0 Å². The van der Waals surface area contributed by atoms with Crippen molar-refractivity contribution in [1.82, 2.24) is 15.1 Å². The van der Waals surface area contributed by atoms with Gasteiger partial charge >= 0.3 is 0 Å². The van der Waals surface area contributed by atoms with Gasteiger partial charge in [0.15, 0.2) is 0 Å². The molecule has 2 N–H and O–H groups in total. The Kier molecular flexibility index (Phi) is 3.63. The fraction of sp³-hybridized carbons (Fsp3) is 0.300. The van der Waals surface area contributed by atoms with Gasteiger partial charge in [0.05, 0.1) is 0 Å². The molecular formula is C10H11BrN4O. The third-order valence-electron chi connectivity index (χ3n) is 2.03. The summed E-state index contributed by atoms with van der Waals surface area (Å²) in [6.07, 6.45) is 4.96. The molecule has 0 saturated heterocycles. The Hall–Kier alpha value is -1.27. The van der Waals surface area contributed by atoms with Crippen LogP contribution in [0, 0.1) is 0 Å². The number of nitrogens with zero attached hydrogens (tertiary/aromatic N) is 3. The molecule has 0 bridgehead atoms. The van der Waals surface area contributed by atoms with E-state index < -0.39 is 0 Å². The van der Waals surface area contributed by atoms with Crippen molar-refractivity contribution in [2.75, 3.05) is 6.54 Å². The van der Waals surface area contributed by atoms with E-state index in [2.05, 4.69) is 31.1 Å². The van der Waals surface area contributed by atoms with Crippen molar-refractivity contribution in [2.45, 2.75) is 12.8 Å². The van der Waals surface area contributed by atoms with Gasteiger partial charge in [0.2, 0.25) is 11.7 Å². The Balaban J connectivity index is 2.18. The summed E-state index contributed by atoms with van der Waals surface area (Å²) in [6.45, 7) is 0.621. The van der Waals surface area contributed by atoms with Crippen molar-refractivity contribution in [3.63, 3.8) is 0 Å². The zero-order valence-corrected chi connectivity index (χ0v) is 10.1. The van der Waals surface area contributed by atoms with E-state index in [9.17, 15) is 0 Å². The third kappa shape index (κ3) is 2.65. The number of hydrogen-bond acceptors (Lipinski definition) is 5. The molecule has 0 aromatic carbocycles. The lowest BCUT2D eigenvalue weighted by atomic mass is 10.3. The second-order valence-corrected chi connectivity index (χ2v) is 4.21. The molecule has 16 heavy (non-hydrogen) atoms. The van der Waals surface area contributed by atoms with Gasteiger partial charge in [-0.3, -0.25) is 4.98 Å².